The molecule has 5 heteroatoms. The summed E-state index contributed by atoms with van der Waals surface area (Å²) in [5.41, 5.74) is 1.06. The van der Waals surface area contributed by atoms with Gasteiger partial charge in [-0.2, -0.15) is 12.8 Å². The largest absolute Gasteiger partial charge is 3.00 e. The summed E-state index contributed by atoms with van der Waals surface area (Å²) in [5.74, 6) is 0. The molecule has 0 fully saturated rings. The monoisotopic (exact) mass is 549 g/mol. The van der Waals surface area contributed by atoms with Gasteiger partial charge in [0.15, 0.2) is 0 Å². The Labute approximate surface area is 231 Å². The van der Waals surface area contributed by atoms with Gasteiger partial charge in [0.25, 0.3) is 7.52 Å². The standard InChI is InChI=1S/C14H24NO2P.2C3H7.3C2H6.CH3.Y/c1-3-5-12-18(16,15-11-4-2)17-13-14-9-7-6-8-10-14;2*1-3-2;3*1-2;;/h6-10H,3-5,11-13H2,1-2H3,(H,15,16);2*1,3H2,2H3;3*1-2H3;1H3;/q;2*-1;;;;-1;+3. The summed E-state index contributed by atoms with van der Waals surface area (Å²) in [7, 11) is -2.67. The minimum absolute atomic E-state index is 0. The van der Waals surface area contributed by atoms with Crippen molar-refractivity contribution in [1.29, 1.82) is 0 Å². The molecule has 0 aliphatic heterocycles. The molecule has 0 amide bonds. The Morgan fingerprint density at radius 2 is 1.25 bits per heavy atom. The van der Waals surface area contributed by atoms with Crippen LogP contribution < -0.4 is 5.09 Å². The average Bonchev–Trinajstić information content (AvgIpc) is 2.81. The zero-order chi connectivity index (χ0) is 24.7. The van der Waals surface area contributed by atoms with Crippen molar-refractivity contribution in [3.05, 3.63) is 57.2 Å². The predicted octanol–water partition coefficient (Wildman–Crippen LogP) is 10.2. The van der Waals surface area contributed by atoms with Crippen LogP contribution in [0.5, 0.6) is 0 Å². The summed E-state index contributed by atoms with van der Waals surface area (Å²) in [6.07, 6.45) is 5.55. The quantitative estimate of drug-likeness (QED) is 0.246. The molecule has 0 aliphatic carbocycles. The molecule has 1 aromatic carbocycles. The number of unbranched alkanes of at least 4 members (excludes halogenated alkanes) is 1. The normalized spacial score (nSPS) is 9.75. The van der Waals surface area contributed by atoms with Gasteiger partial charge in [0, 0.05) is 12.7 Å². The Hall–Kier alpha value is 0.474. The molecule has 1 N–H and O–H groups in total. The SMILES string of the molecule is CC.CC.CC.CCCCP(=O)(NCCC)OCc1ccccc1.[CH2-]CC.[CH2-]CC.[CH3-].[Y+3]. The molecule has 1 aromatic rings. The van der Waals surface area contributed by atoms with Crippen LogP contribution in [0.15, 0.2) is 30.3 Å². The smallest absolute Gasteiger partial charge is 0.358 e. The molecule has 1 atom stereocenters. The zero-order valence-electron chi connectivity index (χ0n) is 23.8. The van der Waals surface area contributed by atoms with Crippen LogP contribution >= 0.6 is 7.52 Å². The Kier molecular flexibility index (Phi) is 75.6. The molecule has 0 spiro atoms. The van der Waals surface area contributed by atoms with Crippen molar-refractivity contribution in [3.63, 3.8) is 0 Å². The first kappa shape index (κ1) is 49.6. The molecule has 0 aliphatic rings. The van der Waals surface area contributed by atoms with Gasteiger partial charge in [-0.3, -0.25) is 4.57 Å². The van der Waals surface area contributed by atoms with E-state index in [-0.39, 0.29) is 40.1 Å². The van der Waals surface area contributed by atoms with Gasteiger partial charge < -0.3 is 25.8 Å². The minimum Gasteiger partial charge on any atom is -0.358 e. The van der Waals surface area contributed by atoms with E-state index in [4.69, 9.17) is 4.52 Å². The first-order valence-electron chi connectivity index (χ1n) is 12.1. The molecular weight excluding hydrogens is 490 g/mol. The van der Waals surface area contributed by atoms with Crippen molar-refractivity contribution in [2.24, 2.45) is 0 Å². The van der Waals surface area contributed by atoms with Crippen LogP contribution in [0.25, 0.3) is 0 Å². The van der Waals surface area contributed by atoms with E-state index in [9.17, 15) is 4.57 Å². The van der Waals surface area contributed by atoms with Gasteiger partial charge in [0.2, 0.25) is 0 Å². The van der Waals surface area contributed by atoms with Crippen LogP contribution in [0.1, 0.15) is 107 Å². The maximum Gasteiger partial charge on any atom is 3.00 e. The van der Waals surface area contributed by atoms with E-state index in [1.165, 1.54) is 0 Å². The number of rotatable bonds is 9. The van der Waals surface area contributed by atoms with E-state index in [0.717, 1.165) is 44.2 Å². The molecule has 3 nitrogen and oxygen atoms in total. The predicted molar refractivity (Wildman–Crippen MR) is 149 cm³/mol. The van der Waals surface area contributed by atoms with Gasteiger partial charge in [-0.15, -0.1) is 0 Å². The van der Waals surface area contributed by atoms with E-state index in [1.54, 1.807) is 0 Å². The third-order valence-electron chi connectivity index (χ3n) is 2.69. The third kappa shape index (κ3) is 44.2. The van der Waals surface area contributed by atoms with Gasteiger partial charge in [-0.05, 0) is 18.4 Å². The van der Waals surface area contributed by atoms with Gasteiger partial charge in [0.05, 0.1) is 6.61 Å². The summed E-state index contributed by atoms with van der Waals surface area (Å²) >= 11 is 0. The van der Waals surface area contributed by atoms with Crippen molar-refractivity contribution in [1.82, 2.24) is 5.09 Å². The fourth-order valence-electron chi connectivity index (χ4n) is 1.59. The van der Waals surface area contributed by atoms with Gasteiger partial charge in [-0.1, -0.05) is 106 Å². The summed E-state index contributed by atoms with van der Waals surface area (Å²) in [6, 6.07) is 9.88. The van der Waals surface area contributed by atoms with Crippen LogP contribution in [0.3, 0.4) is 0 Å². The first-order chi connectivity index (χ1) is 14.5. The second-order valence-corrected chi connectivity index (χ2v) is 7.79. The molecule has 1 unspecified atom stereocenters. The molecule has 0 aromatic heterocycles. The summed E-state index contributed by atoms with van der Waals surface area (Å²) < 4.78 is 18.2. The average molecular weight is 550 g/mol. The maximum absolute atomic E-state index is 12.6. The fraction of sp³-hybridized carbons (Fsp3) is 0.667. The second kappa shape index (κ2) is 48.8. The Bertz CT molecular complexity index is 390. The summed E-state index contributed by atoms with van der Waals surface area (Å²) in [6.45, 7) is 28.3. The number of nitrogens with one attached hydrogen (secondary N) is 1. The van der Waals surface area contributed by atoms with Crippen LogP contribution in [0, 0.1) is 21.3 Å². The van der Waals surface area contributed by atoms with Gasteiger partial charge in [-0.25, -0.2) is 5.09 Å². The fourth-order valence-corrected chi connectivity index (χ4v) is 3.62. The van der Waals surface area contributed by atoms with E-state index in [0.29, 0.717) is 12.8 Å². The molecule has 0 saturated heterocycles. The molecule has 0 radical (unpaired) electrons. The maximum atomic E-state index is 12.6. The van der Waals surface area contributed by atoms with Crippen LogP contribution in [-0.2, 0) is 48.4 Å². The van der Waals surface area contributed by atoms with Crippen LogP contribution in [0.2, 0.25) is 0 Å². The van der Waals surface area contributed by atoms with E-state index in [2.05, 4.69) is 32.8 Å². The number of hydrogen-bond acceptors (Lipinski definition) is 2. The molecule has 0 bridgehead atoms. The van der Waals surface area contributed by atoms with Crippen LogP contribution in [-0.4, -0.2) is 12.7 Å². The van der Waals surface area contributed by atoms with Gasteiger partial charge >= 0.3 is 32.7 Å². The van der Waals surface area contributed by atoms with Crippen molar-refractivity contribution in [2.45, 2.75) is 108 Å². The van der Waals surface area contributed by atoms with E-state index < -0.39 is 7.52 Å². The molecule has 32 heavy (non-hydrogen) atoms. The van der Waals surface area contributed by atoms with Crippen molar-refractivity contribution >= 4 is 7.52 Å². The third-order valence-corrected chi connectivity index (χ3v) is 4.85. The number of hydrogen-bond donors (Lipinski definition) is 1. The summed E-state index contributed by atoms with van der Waals surface area (Å²) in [5, 5.41) is 3.08. The number of benzene rings is 1. The summed E-state index contributed by atoms with van der Waals surface area (Å²) in [4.78, 5) is 0. The molecule has 0 heterocycles. The Balaban J connectivity index is -0.0000000762. The molecule has 0 saturated carbocycles. The van der Waals surface area contributed by atoms with Crippen molar-refractivity contribution in [2.75, 3.05) is 12.7 Å². The van der Waals surface area contributed by atoms with Crippen LogP contribution in [0.4, 0.5) is 0 Å². The van der Waals surface area contributed by atoms with E-state index in [1.807, 2.05) is 85.7 Å². The second-order valence-electron chi connectivity index (χ2n) is 5.42. The zero-order valence-corrected chi connectivity index (χ0v) is 27.5. The minimum atomic E-state index is -2.67. The van der Waals surface area contributed by atoms with Crippen molar-refractivity contribution in [3.8, 4) is 0 Å². The topological polar surface area (TPSA) is 38.3 Å². The molecule has 192 valence electrons. The Morgan fingerprint density at radius 1 is 0.844 bits per heavy atom. The molecule has 1 rings (SSSR count). The van der Waals surface area contributed by atoms with Crippen molar-refractivity contribution < 1.29 is 41.8 Å². The Morgan fingerprint density at radius 3 is 1.59 bits per heavy atom. The first-order valence-corrected chi connectivity index (χ1v) is 13.9. The van der Waals surface area contributed by atoms with E-state index >= 15 is 0 Å². The molecular formula is C27H59NO2PY. The van der Waals surface area contributed by atoms with Gasteiger partial charge in [0.1, 0.15) is 0 Å².